The number of hydrogen-bond acceptors (Lipinski definition) is 4. The van der Waals surface area contributed by atoms with E-state index in [-0.39, 0.29) is 12.0 Å². The van der Waals surface area contributed by atoms with Crippen molar-refractivity contribution < 1.29 is 5.11 Å². The van der Waals surface area contributed by atoms with Crippen LogP contribution in [0.25, 0.3) is 0 Å². The third-order valence-corrected chi connectivity index (χ3v) is 3.34. The van der Waals surface area contributed by atoms with Crippen LogP contribution in [-0.4, -0.2) is 39.6 Å². The summed E-state index contributed by atoms with van der Waals surface area (Å²) in [5.41, 5.74) is -0.0420. The number of aliphatic hydroxyl groups excluding tert-OH is 1. The van der Waals surface area contributed by atoms with Gasteiger partial charge in [0, 0.05) is 24.4 Å². The lowest BCUT2D eigenvalue weighted by Crippen LogP contribution is -2.32. The Morgan fingerprint density at radius 2 is 2.44 bits per heavy atom. The van der Waals surface area contributed by atoms with Crippen LogP contribution in [-0.2, 0) is 6.42 Å². The van der Waals surface area contributed by atoms with Gasteiger partial charge in [-0.15, -0.1) is 0 Å². The highest BCUT2D eigenvalue weighted by Crippen LogP contribution is 2.29. The van der Waals surface area contributed by atoms with Gasteiger partial charge in [0.1, 0.15) is 12.2 Å². The molecule has 1 fully saturated rings. The summed E-state index contributed by atoms with van der Waals surface area (Å²) in [6, 6.07) is 0.322. The standard InChI is InChI=1S/C11H20N4O/c1-9(2)15-10(13-8-14-15)5-11(7-16)3-4-12-6-11/h8-9,12,16H,3-7H2,1-2H3. The third kappa shape index (κ3) is 2.10. The van der Waals surface area contributed by atoms with Gasteiger partial charge in [-0.3, -0.25) is 0 Å². The molecule has 0 saturated carbocycles. The second-order valence-electron chi connectivity index (χ2n) is 4.98. The molecular weight excluding hydrogens is 204 g/mol. The third-order valence-electron chi connectivity index (χ3n) is 3.34. The predicted octanol–water partition coefficient (Wildman–Crippen LogP) is 0.373. The van der Waals surface area contributed by atoms with E-state index in [1.165, 1.54) is 0 Å². The van der Waals surface area contributed by atoms with E-state index in [2.05, 4.69) is 29.2 Å². The van der Waals surface area contributed by atoms with Crippen LogP contribution in [0.2, 0.25) is 0 Å². The molecule has 1 aromatic rings. The van der Waals surface area contributed by atoms with Gasteiger partial charge in [-0.25, -0.2) is 9.67 Å². The van der Waals surface area contributed by atoms with Crippen molar-refractivity contribution >= 4 is 0 Å². The van der Waals surface area contributed by atoms with Gasteiger partial charge in [0.25, 0.3) is 0 Å². The molecule has 1 aliphatic heterocycles. The molecule has 1 atom stereocenters. The molecule has 2 rings (SSSR count). The average Bonchev–Trinajstić information content (AvgIpc) is 2.88. The van der Waals surface area contributed by atoms with E-state index in [0.29, 0.717) is 6.04 Å². The van der Waals surface area contributed by atoms with Gasteiger partial charge in [-0.1, -0.05) is 0 Å². The Hall–Kier alpha value is -0.940. The van der Waals surface area contributed by atoms with E-state index in [0.717, 1.165) is 31.8 Å². The van der Waals surface area contributed by atoms with Gasteiger partial charge < -0.3 is 10.4 Å². The molecule has 16 heavy (non-hydrogen) atoms. The van der Waals surface area contributed by atoms with Crippen LogP contribution in [0.4, 0.5) is 0 Å². The highest BCUT2D eigenvalue weighted by molar-refractivity contribution is 4.98. The van der Waals surface area contributed by atoms with E-state index in [1.54, 1.807) is 6.33 Å². The smallest absolute Gasteiger partial charge is 0.138 e. The second-order valence-corrected chi connectivity index (χ2v) is 4.98. The summed E-state index contributed by atoms with van der Waals surface area (Å²) < 4.78 is 1.94. The van der Waals surface area contributed by atoms with Crippen molar-refractivity contribution in [1.29, 1.82) is 0 Å². The summed E-state index contributed by atoms with van der Waals surface area (Å²) >= 11 is 0. The molecule has 0 spiro atoms. The fraction of sp³-hybridized carbons (Fsp3) is 0.818. The fourth-order valence-electron chi connectivity index (χ4n) is 2.30. The van der Waals surface area contributed by atoms with Crippen molar-refractivity contribution in [2.24, 2.45) is 5.41 Å². The lowest BCUT2D eigenvalue weighted by Gasteiger charge is -2.25. The van der Waals surface area contributed by atoms with Gasteiger partial charge >= 0.3 is 0 Å². The van der Waals surface area contributed by atoms with Gasteiger partial charge in [-0.05, 0) is 26.8 Å². The number of rotatable bonds is 4. The van der Waals surface area contributed by atoms with Crippen LogP contribution in [0.15, 0.2) is 6.33 Å². The zero-order valence-electron chi connectivity index (χ0n) is 9.98. The van der Waals surface area contributed by atoms with Gasteiger partial charge in [-0.2, -0.15) is 5.10 Å². The highest BCUT2D eigenvalue weighted by atomic mass is 16.3. The van der Waals surface area contributed by atoms with Crippen molar-refractivity contribution in [1.82, 2.24) is 20.1 Å². The van der Waals surface area contributed by atoms with Gasteiger partial charge in [0.15, 0.2) is 0 Å². The topological polar surface area (TPSA) is 63.0 Å². The van der Waals surface area contributed by atoms with E-state index in [1.807, 2.05) is 4.68 Å². The monoisotopic (exact) mass is 224 g/mol. The van der Waals surface area contributed by atoms with Crippen molar-refractivity contribution in [3.8, 4) is 0 Å². The first-order valence-electron chi connectivity index (χ1n) is 5.87. The number of aliphatic hydroxyl groups is 1. The van der Waals surface area contributed by atoms with Crippen molar-refractivity contribution in [3.63, 3.8) is 0 Å². The first kappa shape index (κ1) is 11.5. The minimum atomic E-state index is -0.0420. The first-order chi connectivity index (χ1) is 7.67. The summed E-state index contributed by atoms with van der Waals surface area (Å²) in [4.78, 5) is 4.31. The van der Waals surface area contributed by atoms with Crippen LogP contribution in [0.5, 0.6) is 0 Å². The number of hydrogen-bond donors (Lipinski definition) is 2. The Bertz CT molecular complexity index is 342. The maximum atomic E-state index is 9.55. The molecule has 5 nitrogen and oxygen atoms in total. The van der Waals surface area contributed by atoms with Crippen LogP contribution in [0, 0.1) is 5.41 Å². The first-order valence-corrected chi connectivity index (χ1v) is 5.87. The lowest BCUT2D eigenvalue weighted by atomic mass is 9.84. The minimum absolute atomic E-state index is 0.0420. The zero-order chi connectivity index (χ0) is 11.6. The quantitative estimate of drug-likeness (QED) is 0.776. The van der Waals surface area contributed by atoms with Crippen LogP contribution in [0.1, 0.15) is 32.1 Å². The highest BCUT2D eigenvalue weighted by Gasteiger charge is 2.35. The molecule has 90 valence electrons. The molecule has 1 saturated heterocycles. The second kappa shape index (κ2) is 4.51. The summed E-state index contributed by atoms with van der Waals surface area (Å²) in [5, 5.41) is 17.1. The van der Waals surface area contributed by atoms with E-state index in [9.17, 15) is 5.11 Å². The van der Waals surface area contributed by atoms with Crippen molar-refractivity contribution in [2.75, 3.05) is 19.7 Å². The van der Waals surface area contributed by atoms with Crippen LogP contribution >= 0.6 is 0 Å². The Kier molecular flexibility index (Phi) is 3.25. The average molecular weight is 224 g/mol. The Morgan fingerprint density at radius 1 is 1.62 bits per heavy atom. The van der Waals surface area contributed by atoms with E-state index < -0.39 is 0 Å². The van der Waals surface area contributed by atoms with E-state index >= 15 is 0 Å². The lowest BCUT2D eigenvalue weighted by molar-refractivity contribution is 0.138. The van der Waals surface area contributed by atoms with Crippen molar-refractivity contribution in [2.45, 2.75) is 32.7 Å². The van der Waals surface area contributed by atoms with Crippen LogP contribution in [0.3, 0.4) is 0 Å². The minimum Gasteiger partial charge on any atom is -0.396 e. The Labute approximate surface area is 95.9 Å². The number of nitrogens with zero attached hydrogens (tertiary/aromatic N) is 3. The molecule has 0 bridgehead atoms. The maximum absolute atomic E-state index is 9.55. The molecule has 1 aromatic heterocycles. The molecule has 0 aliphatic carbocycles. The molecular formula is C11H20N4O. The van der Waals surface area contributed by atoms with E-state index in [4.69, 9.17) is 0 Å². The summed E-state index contributed by atoms with van der Waals surface area (Å²) in [6.45, 7) is 6.25. The molecule has 1 unspecified atom stereocenters. The number of nitrogens with one attached hydrogen (secondary N) is 1. The molecule has 2 heterocycles. The SMILES string of the molecule is CC(C)n1ncnc1CC1(CO)CCNC1. The largest absolute Gasteiger partial charge is 0.396 e. The van der Waals surface area contributed by atoms with Gasteiger partial charge in [0.05, 0.1) is 6.61 Å². The number of aromatic nitrogens is 3. The Balaban J connectivity index is 2.16. The molecule has 1 aliphatic rings. The summed E-state index contributed by atoms with van der Waals surface area (Å²) in [6.07, 6.45) is 3.41. The zero-order valence-corrected chi connectivity index (χ0v) is 9.98. The molecule has 5 heteroatoms. The molecule has 0 amide bonds. The summed E-state index contributed by atoms with van der Waals surface area (Å²) in [7, 11) is 0. The van der Waals surface area contributed by atoms with Gasteiger partial charge in [0.2, 0.25) is 0 Å². The van der Waals surface area contributed by atoms with Crippen molar-refractivity contribution in [3.05, 3.63) is 12.2 Å². The molecule has 0 aromatic carbocycles. The molecule has 2 N–H and O–H groups in total. The molecule has 0 radical (unpaired) electrons. The Morgan fingerprint density at radius 3 is 3.00 bits per heavy atom. The van der Waals surface area contributed by atoms with Crippen LogP contribution < -0.4 is 5.32 Å². The summed E-state index contributed by atoms with van der Waals surface area (Å²) in [5.74, 6) is 0.979. The fourth-order valence-corrected chi connectivity index (χ4v) is 2.30. The maximum Gasteiger partial charge on any atom is 0.138 e. The normalized spacial score (nSPS) is 25.5. The predicted molar refractivity (Wildman–Crippen MR) is 61.1 cm³/mol.